The molecule has 1 aromatic rings. The highest BCUT2D eigenvalue weighted by Crippen LogP contribution is 2.15. The van der Waals surface area contributed by atoms with Crippen LogP contribution in [-0.2, 0) is 0 Å². The first-order chi connectivity index (χ1) is 7.26. The van der Waals surface area contributed by atoms with Crippen LogP contribution in [0.1, 0.15) is 18.9 Å². The van der Waals surface area contributed by atoms with Crippen molar-refractivity contribution in [1.29, 1.82) is 0 Å². The van der Waals surface area contributed by atoms with Gasteiger partial charge in [0.1, 0.15) is 11.6 Å². The third kappa shape index (κ3) is 4.01. The summed E-state index contributed by atoms with van der Waals surface area (Å²) in [5.41, 5.74) is 5.82. The number of ether oxygens (including phenoxy) is 1. The van der Waals surface area contributed by atoms with E-state index in [2.05, 4.69) is 11.8 Å². The summed E-state index contributed by atoms with van der Waals surface area (Å²) in [6, 6.07) is 4.42. The summed E-state index contributed by atoms with van der Waals surface area (Å²) in [6.07, 6.45) is 0.889. The molecule has 0 radical (unpaired) electrons. The third-order valence-electron chi connectivity index (χ3n) is 1.68. The van der Waals surface area contributed by atoms with E-state index >= 15 is 0 Å². The highest BCUT2D eigenvalue weighted by molar-refractivity contribution is 5.40. The number of rotatable bonds is 3. The van der Waals surface area contributed by atoms with E-state index in [0.29, 0.717) is 17.9 Å². The lowest BCUT2D eigenvalue weighted by atomic mass is 10.2. The summed E-state index contributed by atoms with van der Waals surface area (Å²) in [4.78, 5) is 0. The van der Waals surface area contributed by atoms with E-state index < -0.39 is 0 Å². The van der Waals surface area contributed by atoms with Crippen molar-refractivity contribution >= 4 is 0 Å². The maximum absolute atomic E-state index is 13.1. The lowest BCUT2D eigenvalue weighted by Crippen LogP contribution is -1.96. The van der Waals surface area contributed by atoms with E-state index in [1.165, 1.54) is 12.1 Å². The molecule has 0 fully saturated rings. The molecule has 0 aliphatic carbocycles. The van der Waals surface area contributed by atoms with Crippen LogP contribution in [0, 0.1) is 17.7 Å². The van der Waals surface area contributed by atoms with Crippen LogP contribution in [0.4, 0.5) is 4.39 Å². The molecule has 0 heterocycles. The summed E-state index contributed by atoms with van der Waals surface area (Å²) in [5, 5.41) is 0. The minimum absolute atomic E-state index is 0.266. The predicted molar refractivity (Wildman–Crippen MR) is 58.1 cm³/mol. The molecule has 0 aliphatic heterocycles. The Hall–Kier alpha value is -1.53. The van der Waals surface area contributed by atoms with E-state index in [-0.39, 0.29) is 12.4 Å². The van der Waals surface area contributed by atoms with Crippen LogP contribution < -0.4 is 10.5 Å². The number of benzene rings is 1. The molecule has 0 atom stereocenters. The van der Waals surface area contributed by atoms with Crippen LogP contribution in [0.5, 0.6) is 5.75 Å². The minimum Gasteiger partial charge on any atom is -0.493 e. The number of hydrogen-bond donors (Lipinski definition) is 1. The van der Waals surface area contributed by atoms with Gasteiger partial charge in [0, 0.05) is 11.6 Å². The first kappa shape index (κ1) is 11.5. The van der Waals surface area contributed by atoms with E-state index in [1.54, 1.807) is 6.07 Å². The Morgan fingerprint density at radius 1 is 1.40 bits per heavy atom. The van der Waals surface area contributed by atoms with E-state index in [1.807, 2.05) is 6.92 Å². The zero-order chi connectivity index (χ0) is 11.1. The average Bonchev–Trinajstić information content (AvgIpc) is 2.23. The SMILES string of the molecule is CCCOc1cc(F)cc(C#CCN)c1. The van der Waals surface area contributed by atoms with Crippen LogP contribution in [0.15, 0.2) is 18.2 Å². The van der Waals surface area contributed by atoms with Crippen molar-refractivity contribution in [3.8, 4) is 17.6 Å². The molecule has 0 amide bonds. The van der Waals surface area contributed by atoms with Gasteiger partial charge in [-0.25, -0.2) is 4.39 Å². The van der Waals surface area contributed by atoms with Gasteiger partial charge < -0.3 is 10.5 Å². The second-order valence-corrected chi connectivity index (χ2v) is 3.03. The van der Waals surface area contributed by atoms with Gasteiger partial charge >= 0.3 is 0 Å². The predicted octanol–water partition coefficient (Wildman–Crippen LogP) is 1.92. The van der Waals surface area contributed by atoms with Crippen LogP contribution >= 0.6 is 0 Å². The maximum atomic E-state index is 13.1. The fraction of sp³-hybridized carbons (Fsp3) is 0.333. The molecule has 0 spiro atoms. The average molecular weight is 207 g/mol. The molecule has 2 N–H and O–H groups in total. The lowest BCUT2D eigenvalue weighted by molar-refractivity contribution is 0.315. The van der Waals surface area contributed by atoms with Crippen molar-refractivity contribution in [3.63, 3.8) is 0 Å². The highest BCUT2D eigenvalue weighted by atomic mass is 19.1. The Labute approximate surface area is 89.2 Å². The summed E-state index contributed by atoms with van der Waals surface area (Å²) in [6.45, 7) is 2.84. The largest absolute Gasteiger partial charge is 0.493 e. The molecule has 3 heteroatoms. The molecule has 0 aromatic heterocycles. The van der Waals surface area contributed by atoms with Gasteiger partial charge in [-0.2, -0.15) is 0 Å². The monoisotopic (exact) mass is 207 g/mol. The van der Waals surface area contributed by atoms with Gasteiger partial charge in [-0.1, -0.05) is 18.8 Å². The van der Waals surface area contributed by atoms with Crippen molar-refractivity contribution in [2.24, 2.45) is 5.73 Å². The molecule has 0 saturated heterocycles. The Morgan fingerprint density at radius 2 is 2.20 bits per heavy atom. The lowest BCUT2D eigenvalue weighted by Gasteiger charge is -2.04. The molecule has 1 rings (SSSR count). The molecule has 80 valence electrons. The van der Waals surface area contributed by atoms with Gasteiger partial charge in [-0.15, -0.1) is 0 Å². The van der Waals surface area contributed by atoms with E-state index in [4.69, 9.17) is 10.5 Å². The summed E-state index contributed by atoms with van der Waals surface area (Å²) in [5.74, 6) is 5.61. The van der Waals surface area contributed by atoms with Crippen molar-refractivity contribution in [2.75, 3.05) is 13.2 Å². The first-order valence-corrected chi connectivity index (χ1v) is 4.88. The molecule has 0 aliphatic rings. The molecule has 0 saturated carbocycles. The zero-order valence-electron chi connectivity index (χ0n) is 8.72. The van der Waals surface area contributed by atoms with Gasteiger partial charge in [0.25, 0.3) is 0 Å². The standard InChI is InChI=1S/C12H14FNO/c1-2-6-15-12-8-10(4-3-5-14)7-11(13)9-12/h7-9H,2,5-6,14H2,1H3. The maximum Gasteiger partial charge on any atom is 0.128 e. The molecule has 15 heavy (non-hydrogen) atoms. The number of halogens is 1. The van der Waals surface area contributed by atoms with Crippen molar-refractivity contribution in [2.45, 2.75) is 13.3 Å². The van der Waals surface area contributed by atoms with Crippen molar-refractivity contribution in [1.82, 2.24) is 0 Å². The molecule has 2 nitrogen and oxygen atoms in total. The summed E-state index contributed by atoms with van der Waals surface area (Å²) < 4.78 is 18.4. The smallest absolute Gasteiger partial charge is 0.128 e. The molecule has 0 unspecified atom stereocenters. The van der Waals surface area contributed by atoms with Gasteiger partial charge in [0.05, 0.1) is 13.2 Å². The van der Waals surface area contributed by atoms with Crippen LogP contribution in [0.2, 0.25) is 0 Å². The molecular formula is C12H14FNO. The number of nitrogens with two attached hydrogens (primary N) is 1. The van der Waals surface area contributed by atoms with Gasteiger partial charge in [-0.05, 0) is 18.6 Å². The molecule has 1 aromatic carbocycles. The normalized spacial score (nSPS) is 9.27. The van der Waals surface area contributed by atoms with Crippen LogP contribution in [-0.4, -0.2) is 13.2 Å². The van der Waals surface area contributed by atoms with Crippen molar-refractivity contribution < 1.29 is 9.13 Å². The van der Waals surface area contributed by atoms with Gasteiger partial charge in [0.2, 0.25) is 0 Å². The second-order valence-electron chi connectivity index (χ2n) is 3.03. The first-order valence-electron chi connectivity index (χ1n) is 4.88. The fourth-order valence-corrected chi connectivity index (χ4v) is 1.09. The van der Waals surface area contributed by atoms with Gasteiger partial charge in [0.15, 0.2) is 0 Å². The van der Waals surface area contributed by atoms with E-state index in [0.717, 1.165) is 6.42 Å². The van der Waals surface area contributed by atoms with E-state index in [9.17, 15) is 4.39 Å². The third-order valence-corrected chi connectivity index (χ3v) is 1.68. The second kappa shape index (κ2) is 6.05. The summed E-state index contributed by atoms with van der Waals surface area (Å²) in [7, 11) is 0. The quantitative estimate of drug-likeness (QED) is 0.768. The van der Waals surface area contributed by atoms with Crippen LogP contribution in [0.25, 0.3) is 0 Å². The Balaban J connectivity index is 2.84. The minimum atomic E-state index is -0.343. The summed E-state index contributed by atoms with van der Waals surface area (Å²) >= 11 is 0. The van der Waals surface area contributed by atoms with Crippen LogP contribution in [0.3, 0.4) is 0 Å². The Bertz CT molecular complexity index is 379. The molecular weight excluding hydrogens is 193 g/mol. The van der Waals surface area contributed by atoms with Crippen molar-refractivity contribution in [3.05, 3.63) is 29.6 Å². The topological polar surface area (TPSA) is 35.2 Å². The fourth-order valence-electron chi connectivity index (χ4n) is 1.09. The van der Waals surface area contributed by atoms with Gasteiger partial charge in [-0.3, -0.25) is 0 Å². The highest BCUT2D eigenvalue weighted by Gasteiger charge is 1.99. The Morgan fingerprint density at radius 3 is 2.87 bits per heavy atom. The zero-order valence-corrected chi connectivity index (χ0v) is 8.72. The molecule has 0 bridgehead atoms. The number of hydrogen-bond acceptors (Lipinski definition) is 2. The Kier molecular flexibility index (Phi) is 4.65.